The summed E-state index contributed by atoms with van der Waals surface area (Å²) < 4.78 is 10.2. The highest BCUT2D eigenvalue weighted by Crippen LogP contribution is 2.08. The van der Waals surface area contributed by atoms with Crippen molar-refractivity contribution in [2.24, 2.45) is 0 Å². The van der Waals surface area contributed by atoms with Crippen molar-refractivity contribution in [3.05, 3.63) is 30.3 Å². The average Bonchev–Trinajstić information content (AvgIpc) is 2.14. The zero-order chi connectivity index (χ0) is 8.65. The molecular formula is C9H13O2P. The molecule has 0 aliphatic rings. The van der Waals surface area contributed by atoms with Crippen LogP contribution in [0.3, 0.4) is 0 Å². The maximum absolute atomic E-state index is 5.42. The molecule has 0 aromatic heterocycles. The molecule has 0 heterocycles. The van der Waals surface area contributed by atoms with Gasteiger partial charge in [0.2, 0.25) is 0 Å². The Morgan fingerprint density at radius 1 is 1.08 bits per heavy atom. The highest BCUT2D eigenvalue weighted by molar-refractivity contribution is 7.09. The molecule has 1 aromatic carbocycles. The van der Waals surface area contributed by atoms with Crippen LogP contribution in [-0.4, -0.2) is 13.2 Å². The average molecular weight is 184 g/mol. The summed E-state index contributed by atoms with van der Waals surface area (Å²) in [5, 5.41) is 0. The zero-order valence-electron chi connectivity index (χ0n) is 6.90. The van der Waals surface area contributed by atoms with Gasteiger partial charge in [0.25, 0.3) is 0 Å². The molecule has 3 heteroatoms. The molecule has 2 nitrogen and oxygen atoms in total. The minimum absolute atomic E-state index is 0.707. The van der Waals surface area contributed by atoms with Crippen molar-refractivity contribution >= 4 is 9.47 Å². The number of hydrogen-bond acceptors (Lipinski definition) is 2. The van der Waals surface area contributed by atoms with Gasteiger partial charge in [-0.05, 0) is 12.1 Å². The molecular weight excluding hydrogens is 171 g/mol. The van der Waals surface area contributed by atoms with Gasteiger partial charge in [-0.2, -0.15) is 0 Å². The standard InChI is InChI=1S/C9H13O2P/c12-11-8-4-7-10-9-5-2-1-3-6-9/h1-3,5-6H,4,7-8,12H2. The largest absolute Gasteiger partial charge is 0.494 e. The van der Waals surface area contributed by atoms with Gasteiger partial charge in [-0.3, -0.25) is 0 Å². The van der Waals surface area contributed by atoms with Crippen LogP contribution in [0.2, 0.25) is 0 Å². The summed E-state index contributed by atoms with van der Waals surface area (Å²) >= 11 is 0. The van der Waals surface area contributed by atoms with Gasteiger partial charge >= 0.3 is 0 Å². The summed E-state index contributed by atoms with van der Waals surface area (Å²) in [4.78, 5) is 0. The van der Waals surface area contributed by atoms with E-state index >= 15 is 0 Å². The van der Waals surface area contributed by atoms with E-state index in [1.54, 1.807) is 0 Å². The van der Waals surface area contributed by atoms with E-state index in [9.17, 15) is 0 Å². The summed E-state index contributed by atoms with van der Waals surface area (Å²) in [7, 11) is 2.22. The maximum atomic E-state index is 5.42. The predicted octanol–water partition coefficient (Wildman–Crippen LogP) is 2.26. The van der Waals surface area contributed by atoms with Gasteiger partial charge in [-0.15, -0.1) is 0 Å². The first kappa shape index (κ1) is 9.50. The molecule has 0 amide bonds. The smallest absolute Gasteiger partial charge is 0.119 e. The lowest BCUT2D eigenvalue weighted by atomic mass is 10.3. The van der Waals surface area contributed by atoms with Gasteiger partial charge in [0.1, 0.15) is 5.75 Å². The third-order valence-electron chi connectivity index (χ3n) is 1.42. The molecule has 0 saturated heterocycles. The first-order valence-electron chi connectivity index (χ1n) is 3.93. The Kier molecular flexibility index (Phi) is 4.74. The zero-order valence-corrected chi connectivity index (χ0v) is 8.06. The van der Waals surface area contributed by atoms with Crippen molar-refractivity contribution in [2.45, 2.75) is 6.42 Å². The molecule has 0 aliphatic carbocycles. The fourth-order valence-electron chi connectivity index (χ4n) is 0.849. The van der Waals surface area contributed by atoms with Gasteiger partial charge in [0.15, 0.2) is 0 Å². The van der Waals surface area contributed by atoms with Crippen LogP contribution in [0.25, 0.3) is 0 Å². The van der Waals surface area contributed by atoms with Crippen LogP contribution in [0.15, 0.2) is 30.3 Å². The quantitative estimate of drug-likeness (QED) is 0.516. The van der Waals surface area contributed by atoms with Gasteiger partial charge in [-0.25, -0.2) is 0 Å². The Labute approximate surface area is 75.2 Å². The molecule has 1 unspecified atom stereocenters. The van der Waals surface area contributed by atoms with E-state index < -0.39 is 0 Å². The molecule has 12 heavy (non-hydrogen) atoms. The summed E-state index contributed by atoms with van der Waals surface area (Å²) in [5.74, 6) is 0.918. The summed E-state index contributed by atoms with van der Waals surface area (Å²) in [6.45, 7) is 1.43. The van der Waals surface area contributed by atoms with Crippen LogP contribution in [-0.2, 0) is 4.52 Å². The number of ether oxygens (including phenoxy) is 1. The molecule has 0 aliphatic heterocycles. The van der Waals surface area contributed by atoms with Crippen LogP contribution in [0.1, 0.15) is 6.42 Å². The van der Waals surface area contributed by atoms with E-state index in [1.165, 1.54) is 0 Å². The number of rotatable bonds is 5. The van der Waals surface area contributed by atoms with Gasteiger partial charge < -0.3 is 9.26 Å². The Bertz CT molecular complexity index is 201. The number of benzene rings is 1. The number of hydrogen-bond donors (Lipinski definition) is 0. The lowest BCUT2D eigenvalue weighted by molar-refractivity contribution is 0.266. The van der Waals surface area contributed by atoms with Crippen molar-refractivity contribution in [3.63, 3.8) is 0 Å². The molecule has 1 aromatic rings. The first-order chi connectivity index (χ1) is 5.93. The molecule has 0 N–H and O–H groups in total. The highest BCUT2D eigenvalue weighted by Gasteiger charge is 1.90. The van der Waals surface area contributed by atoms with Gasteiger partial charge in [0.05, 0.1) is 13.2 Å². The molecule has 0 radical (unpaired) electrons. The van der Waals surface area contributed by atoms with E-state index in [4.69, 9.17) is 9.26 Å². The fourth-order valence-corrected chi connectivity index (χ4v) is 1.02. The van der Waals surface area contributed by atoms with Gasteiger partial charge in [0, 0.05) is 15.9 Å². The normalized spacial score (nSPS) is 9.75. The lowest BCUT2D eigenvalue weighted by Crippen LogP contribution is -1.99. The van der Waals surface area contributed by atoms with E-state index in [-0.39, 0.29) is 0 Å². The van der Waals surface area contributed by atoms with E-state index in [0.717, 1.165) is 18.8 Å². The lowest BCUT2D eigenvalue weighted by Gasteiger charge is -2.04. The Morgan fingerprint density at radius 2 is 1.83 bits per heavy atom. The predicted molar refractivity (Wildman–Crippen MR) is 52.2 cm³/mol. The van der Waals surface area contributed by atoms with Crippen LogP contribution in [0, 0.1) is 0 Å². The molecule has 0 bridgehead atoms. The minimum Gasteiger partial charge on any atom is -0.494 e. The Morgan fingerprint density at radius 3 is 2.50 bits per heavy atom. The van der Waals surface area contributed by atoms with E-state index in [1.807, 2.05) is 30.3 Å². The molecule has 66 valence electrons. The minimum atomic E-state index is 0.707. The second-order valence-corrected chi connectivity index (χ2v) is 2.72. The van der Waals surface area contributed by atoms with Crippen molar-refractivity contribution in [1.82, 2.24) is 0 Å². The van der Waals surface area contributed by atoms with Crippen molar-refractivity contribution < 1.29 is 9.26 Å². The SMILES string of the molecule is POCCCOc1ccccc1. The number of para-hydroxylation sites is 1. The monoisotopic (exact) mass is 184 g/mol. The fraction of sp³-hybridized carbons (Fsp3) is 0.333. The molecule has 0 saturated carbocycles. The first-order valence-corrected chi connectivity index (χ1v) is 4.40. The maximum Gasteiger partial charge on any atom is 0.119 e. The molecule has 0 fully saturated rings. The third kappa shape index (κ3) is 3.70. The summed E-state index contributed by atoms with van der Waals surface area (Å²) in [6.07, 6.45) is 0.915. The molecule has 1 atom stereocenters. The van der Waals surface area contributed by atoms with Crippen LogP contribution < -0.4 is 4.74 Å². The second kappa shape index (κ2) is 5.99. The summed E-state index contributed by atoms with van der Waals surface area (Å²) in [5.41, 5.74) is 0. The van der Waals surface area contributed by atoms with Crippen LogP contribution in [0.4, 0.5) is 0 Å². The van der Waals surface area contributed by atoms with Crippen molar-refractivity contribution in [1.29, 1.82) is 0 Å². The van der Waals surface area contributed by atoms with E-state index in [2.05, 4.69) is 9.47 Å². The van der Waals surface area contributed by atoms with E-state index in [0.29, 0.717) is 6.61 Å². The molecule has 1 rings (SSSR count). The van der Waals surface area contributed by atoms with Crippen molar-refractivity contribution in [3.8, 4) is 5.75 Å². The van der Waals surface area contributed by atoms with Crippen LogP contribution in [0.5, 0.6) is 5.75 Å². The third-order valence-corrected chi connectivity index (χ3v) is 1.65. The van der Waals surface area contributed by atoms with Crippen molar-refractivity contribution in [2.75, 3.05) is 13.2 Å². The van der Waals surface area contributed by atoms with Crippen LogP contribution >= 0.6 is 9.47 Å². The topological polar surface area (TPSA) is 18.5 Å². The molecule has 0 spiro atoms. The summed E-state index contributed by atoms with van der Waals surface area (Å²) in [6, 6.07) is 9.78. The highest BCUT2D eigenvalue weighted by atomic mass is 31.0. The Hall–Kier alpha value is -0.590. The second-order valence-electron chi connectivity index (χ2n) is 2.39. The Balaban J connectivity index is 2.16. The van der Waals surface area contributed by atoms with Gasteiger partial charge in [-0.1, -0.05) is 18.2 Å².